The molecule has 2 aliphatic heterocycles. The maximum atomic E-state index is 14.7. The molecule has 1 saturated carbocycles. The predicted molar refractivity (Wildman–Crippen MR) is 141 cm³/mol. The number of allylic oxidation sites excluding steroid dienone is 2. The zero-order valence-corrected chi connectivity index (χ0v) is 22.3. The lowest BCUT2D eigenvalue weighted by molar-refractivity contribution is -0.145. The quantitative estimate of drug-likeness (QED) is 0.454. The Labute approximate surface area is 226 Å². The summed E-state index contributed by atoms with van der Waals surface area (Å²) in [7, 11) is 0. The molecule has 0 aromatic heterocycles. The number of halogens is 1. The van der Waals surface area contributed by atoms with Gasteiger partial charge in [-0.3, -0.25) is 24.1 Å². The van der Waals surface area contributed by atoms with Crippen LogP contribution in [0.25, 0.3) is 0 Å². The van der Waals surface area contributed by atoms with E-state index in [1.165, 1.54) is 15.9 Å². The molecule has 2 saturated heterocycles. The summed E-state index contributed by atoms with van der Waals surface area (Å²) in [6, 6.07) is 12.8. The van der Waals surface area contributed by atoms with Crippen molar-refractivity contribution in [3.05, 3.63) is 71.6 Å². The van der Waals surface area contributed by atoms with Crippen LogP contribution in [-0.4, -0.2) is 39.2 Å². The van der Waals surface area contributed by atoms with Crippen molar-refractivity contribution >= 4 is 29.3 Å². The van der Waals surface area contributed by atoms with Crippen molar-refractivity contribution in [3.63, 3.8) is 0 Å². The monoisotopic (exact) mass is 530 g/mol. The van der Waals surface area contributed by atoms with E-state index in [1.54, 1.807) is 43.3 Å². The first-order valence-electron chi connectivity index (χ1n) is 13.4. The van der Waals surface area contributed by atoms with E-state index in [0.29, 0.717) is 17.7 Å². The van der Waals surface area contributed by atoms with Crippen LogP contribution in [0.2, 0.25) is 0 Å². The number of aromatic hydroxyl groups is 1. The van der Waals surface area contributed by atoms with Gasteiger partial charge in [-0.2, -0.15) is 0 Å². The Bertz CT molecular complexity index is 1460. The number of carbonyl (C=O) groups excluding carboxylic acids is 4. The summed E-state index contributed by atoms with van der Waals surface area (Å²) >= 11 is 0. The van der Waals surface area contributed by atoms with Crippen LogP contribution in [0.4, 0.5) is 10.1 Å². The molecule has 6 atom stereocenters. The molecule has 202 valence electrons. The molecule has 3 fully saturated rings. The molecule has 8 heteroatoms. The average molecular weight is 531 g/mol. The summed E-state index contributed by atoms with van der Waals surface area (Å²) in [5.41, 5.74) is -0.686. The molecular weight excluding hydrogens is 499 g/mol. The number of para-hydroxylation sites is 2. The minimum Gasteiger partial charge on any atom is -0.505 e. The van der Waals surface area contributed by atoms with Gasteiger partial charge in [0.15, 0.2) is 11.6 Å². The number of likely N-dealkylation sites (tertiary alicyclic amines) is 1. The van der Waals surface area contributed by atoms with Crippen LogP contribution < -0.4 is 4.90 Å². The maximum Gasteiger partial charge on any atom is 0.241 e. The topological polar surface area (TPSA) is 95.0 Å². The lowest BCUT2D eigenvalue weighted by Crippen LogP contribution is -2.49. The van der Waals surface area contributed by atoms with E-state index in [-0.39, 0.29) is 29.7 Å². The number of anilines is 1. The van der Waals surface area contributed by atoms with E-state index in [0.717, 1.165) is 6.07 Å². The summed E-state index contributed by atoms with van der Waals surface area (Å²) in [4.78, 5) is 58.0. The first-order valence-corrected chi connectivity index (χ1v) is 13.4. The lowest BCUT2D eigenvalue weighted by atomic mass is 9.51. The molecule has 6 rings (SSSR count). The fraction of sp³-hybridized carbons (Fsp3) is 0.419. The third kappa shape index (κ3) is 3.33. The van der Waals surface area contributed by atoms with Crippen molar-refractivity contribution in [2.75, 3.05) is 4.90 Å². The van der Waals surface area contributed by atoms with E-state index in [4.69, 9.17) is 0 Å². The number of phenols is 1. The number of amides is 4. The van der Waals surface area contributed by atoms with Gasteiger partial charge in [0.05, 0.1) is 28.9 Å². The summed E-state index contributed by atoms with van der Waals surface area (Å²) in [6.45, 7) is 7.16. The van der Waals surface area contributed by atoms with Gasteiger partial charge in [0, 0.05) is 17.0 Å². The Balaban J connectivity index is 1.55. The number of rotatable bonds is 2. The van der Waals surface area contributed by atoms with Gasteiger partial charge in [-0.25, -0.2) is 9.29 Å². The molecule has 0 bridgehead atoms. The molecule has 2 aromatic carbocycles. The largest absolute Gasteiger partial charge is 0.505 e. The first-order chi connectivity index (χ1) is 18.4. The van der Waals surface area contributed by atoms with Crippen LogP contribution in [0, 0.1) is 34.9 Å². The number of carbonyl (C=O) groups is 4. The number of imide groups is 2. The van der Waals surface area contributed by atoms with Crippen molar-refractivity contribution < 1.29 is 28.7 Å². The van der Waals surface area contributed by atoms with Gasteiger partial charge in [-0.05, 0) is 64.7 Å². The van der Waals surface area contributed by atoms with Gasteiger partial charge in [0.2, 0.25) is 23.6 Å². The van der Waals surface area contributed by atoms with Crippen LogP contribution in [-0.2, 0) is 19.2 Å². The highest BCUT2D eigenvalue weighted by Gasteiger charge is 2.68. The smallest absolute Gasteiger partial charge is 0.241 e. The van der Waals surface area contributed by atoms with Crippen LogP contribution in [0.1, 0.15) is 52.0 Å². The van der Waals surface area contributed by atoms with Crippen molar-refractivity contribution in [1.82, 2.24) is 4.90 Å². The summed E-state index contributed by atoms with van der Waals surface area (Å²) in [5.74, 6) is -6.17. The van der Waals surface area contributed by atoms with Crippen LogP contribution in [0.15, 0.2) is 60.2 Å². The highest BCUT2D eigenvalue weighted by molar-refractivity contribution is 6.24. The number of benzene rings is 2. The van der Waals surface area contributed by atoms with Gasteiger partial charge >= 0.3 is 0 Å². The standard InChI is InChI=1S/C31H31FN2O5/c1-30(2,3)34-26(36)18-14-13-17-20(23(18)28(34)38)15-21-27(37)33(16-9-6-5-7-10-16)29(39)31(21,4)24(17)19-11-8-12-22(32)25(19)35/h5-13,18,20-21,23-24,35H,14-15H2,1-4H3/t18-,20+,21-,23-,24+,31+/m0/s1. The van der Waals surface area contributed by atoms with Crippen LogP contribution in [0.5, 0.6) is 5.75 Å². The molecule has 2 heterocycles. The summed E-state index contributed by atoms with van der Waals surface area (Å²) < 4.78 is 14.7. The Kier molecular flexibility index (Phi) is 5.45. The van der Waals surface area contributed by atoms with Gasteiger partial charge in [0.1, 0.15) is 0 Å². The number of fused-ring (bicyclic) bond motifs is 4. The minimum atomic E-state index is -1.33. The Morgan fingerprint density at radius 1 is 0.923 bits per heavy atom. The zero-order valence-electron chi connectivity index (χ0n) is 22.3. The number of phenolic OH excluding ortho intramolecular Hbond substituents is 1. The highest BCUT2D eigenvalue weighted by Crippen LogP contribution is 2.64. The van der Waals surface area contributed by atoms with Crippen LogP contribution in [0.3, 0.4) is 0 Å². The van der Waals surface area contributed by atoms with E-state index in [2.05, 4.69) is 0 Å². The molecule has 7 nitrogen and oxygen atoms in total. The normalized spacial score (nSPS) is 32.2. The number of nitrogens with zero attached hydrogens (tertiary/aromatic N) is 2. The molecule has 0 radical (unpaired) electrons. The molecule has 1 N–H and O–H groups in total. The Morgan fingerprint density at radius 2 is 1.62 bits per heavy atom. The number of hydrogen-bond donors (Lipinski definition) is 1. The SMILES string of the molecule is CC(C)(C)N1C(=O)[C@H]2[C@H](CC=C3[C@H]2C[C@H]2C(=O)N(c4ccccc4)C(=O)[C@@]2(C)[C@H]3c2cccc(F)c2O)C1=O. The van der Waals surface area contributed by atoms with Gasteiger partial charge in [-0.15, -0.1) is 0 Å². The average Bonchev–Trinajstić information content (AvgIpc) is 3.26. The van der Waals surface area contributed by atoms with Crippen molar-refractivity contribution in [2.24, 2.45) is 29.1 Å². The molecule has 2 aliphatic carbocycles. The van der Waals surface area contributed by atoms with Gasteiger partial charge in [-0.1, -0.05) is 42.0 Å². The summed E-state index contributed by atoms with van der Waals surface area (Å²) in [5, 5.41) is 10.9. The fourth-order valence-corrected chi connectivity index (χ4v) is 7.61. The zero-order chi connectivity index (χ0) is 28.0. The van der Waals surface area contributed by atoms with Crippen molar-refractivity contribution in [1.29, 1.82) is 0 Å². The third-order valence-electron chi connectivity index (χ3n) is 9.29. The van der Waals surface area contributed by atoms with E-state index >= 15 is 0 Å². The first kappa shape index (κ1) is 25.5. The minimum absolute atomic E-state index is 0.206. The van der Waals surface area contributed by atoms with E-state index in [9.17, 15) is 28.7 Å². The predicted octanol–water partition coefficient (Wildman–Crippen LogP) is 4.56. The second-order valence-electron chi connectivity index (χ2n) is 12.4. The number of hydrogen-bond acceptors (Lipinski definition) is 5. The molecule has 4 amide bonds. The van der Waals surface area contributed by atoms with Gasteiger partial charge in [0.25, 0.3) is 0 Å². The Hall–Kier alpha value is -3.81. The van der Waals surface area contributed by atoms with Gasteiger partial charge < -0.3 is 5.11 Å². The van der Waals surface area contributed by atoms with Crippen molar-refractivity contribution in [2.45, 2.75) is 52.0 Å². The summed E-state index contributed by atoms with van der Waals surface area (Å²) in [6.07, 6.45) is 2.40. The van der Waals surface area contributed by atoms with Crippen LogP contribution >= 0.6 is 0 Å². The molecule has 39 heavy (non-hydrogen) atoms. The maximum absolute atomic E-state index is 14.7. The molecule has 4 aliphatic rings. The van der Waals surface area contributed by atoms with Crippen molar-refractivity contribution in [3.8, 4) is 5.75 Å². The fourth-order valence-electron chi connectivity index (χ4n) is 7.61. The second kappa shape index (κ2) is 8.34. The lowest BCUT2D eigenvalue weighted by Gasteiger charge is -2.49. The molecular formula is C31H31FN2O5. The molecule has 0 unspecified atom stereocenters. The molecule has 2 aromatic rings. The van der Waals surface area contributed by atoms with E-state index < -0.39 is 58.0 Å². The Morgan fingerprint density at radius 3 is 2.28 bits per heavy atom. The third-order valence-corrected chi connectivity index (χ3v) is 9.29. The van der Waals surface area contributed by atoms with E-state index in [1.807, 2.05) is 26.8 Å². The highest BCUT2D eigenvalue weighted by atomic mass is 19.1. The molecule has 0 spiro atoms. The second-order valence-corrected chi connectivity index (χ2v) is 12.4.